The van der Waals surface area contributed by atoms with E-state index in [1.165, 1.54) is 16.8 Å². The van der Waals surface area contributed by atoms with Crippen molar-refractivity contribution in [2.75, 3.05) is 0 Å². The van der Waals surface area contributed by atoms with E-state index in [0.29, 0.717) is 0 Å². The first-order chi connectivity index (χ1) is 4.25. The number of H-pyrrole nitrogens is 1. The maximum atomic E-state index is 3.69. The van der Waals surface area contributed by atoms with Crippen LogP contribution in [-0.2, 0) is 0 Å². The first-order valence-corrected chi connectivity index (χ1v) is 3.02. The van der Waals surface area contributed by atoms with Crippen LogP contribution in [0, 0.1) is 13.8 Å². The van der Waals surface area contributed by atoms with Crippen molar-refractivity contribution in [2.45, 2.75) is 13.8 Å². The summed E-state index contributed by atoms with van der Waals surface area (Å²) in [6.07, 6.45) is 3.83. The summed E-state index contributed by atoms with van der Waals surface area (Å²) in [6.45, 7) is 7.83. The molecule has 0 saturated heterocycles. The van der Waals surface area contributed by atoms with Crippen molar-refractivity contribution in [3.8, 4) is 0 Å². The minimum absolute atomic E-state index is 1.20. The van der Waals surface area contributed by atoms with Gasteiger partial charge in [0.2, 0.25) is 0 Å². The predicted molar refractivity (Wildman–Crippen MR) is 40.4 cm³/mol. The molecule has 0 bridgehead atoms. The molecule has 0 aliphatic heterocycles. The molecule has 0 amide bonds. The van der Waals surface area contributed by atoms with Gasteiger partial charge in [0.15, 0.2) is 0 Å². The third kappa shape index (κ3) is 0.900. The van der Waals surface area contributed by atoms with Crippen LogP contribution < -0.4 is 0 Å². The average Bonchev–Trinajstić information content (AvgIpc) is 2.15. The molecule has 1 aromatic rings. The van der Waals surface area contributed by atoms with Gasteiger partial charge in [-0.1, -0.05) is 12.7 Å². The molecule has 0 aliphatic carbocycles. The van der Waals surface area contributed by atoms with Crippen molar-refractivity contribution < 1.29 is 0 Å². The van der Waals surface area contributed by atoms with Gasteiger partial charge in [0.25, 0.3) is 0 Å². The van der Waals surface area contributed by atoms with Crippen LogP contribution in [0.15, 0.2) is 12.8 Å². The van der Waals surface area contributed by atoms with Crippen molar-refractivity contribution in [1.29, 1.82) is 0 Å². The molecule has 1 nitrogen and oxygen atoms in total. The van der Waals surface area contributed by atoms with E-state index in [2.05, 4.69) is 25.4 Å². The number of aromatic amines is 1. The molecule has 1 N–H and O–H groups in total. The second kappa shape index (κ2) is 2.09. The van der Waals surface area contributed by atoms with Gasteiger partial charge in [-0.15, -0.1) is 0 Å². The summed E-state index contributed by atoms with van der Waals surface area (Å²) in [4.78, 5) is 3.12. The fraction of sp³-hybridized carbons (Fsp3) is 0.250. The topological polar surface area (TPSA) is 15.8 Å². The zero-order valence-corrected chi connectivity index (χ0v) is 5.86. The highest BCUT2D eigenvalue weighted by molar-refractivity contribution is 5.52. The lowest BCUT2D eigenvalue weighted by molar-refractivity contribution is 1.23. The first kappa shape index (κ1) is 6.14. The summed E-state index contributed by atoms with van der Waals surface area (Å²) in [5.74, 6) is 0. The highest BCUT2D eigenvalue weighted by Gasteiger charge is 1.96. The standard InChI is InChI=1S/C8H11N/c1-4-8-5-9-7(3)6(8)2/h4-5,9H,1H2,2-3H3. The zero-order valence-electron chi connectivity index (χ0n) is 5.86. The fourth-order valence-corrected chi connectivity index (χ4v) is 0.831. The van der Waals surface area contributed by atoms with Gasteiger partial charge in [0.05, 0.1) is 0 Å². The Bertz CT molecular complexity index is 220. The van der Waals surface area contributed by atoms with Gasteiger partial charge in [0.1, 0.15) is 0 Å². The van der Waals surface area contributed by atoms with Crippen LogP contribution in [0.4, 0.5) is 0 Å². The predicted octanol–water partition coefficient (Wildman–Crippen LogP) is 2.27. The zero-order chi connectivity index (χ0) is 6.85. The number of aromatic nitrogens is 1. The van der Waals surface area contributed by atoms with Crippen molar-refractivity contribution in [2.24, 2.45) is 0 Å². The smallest absolute Gasteiger partial charge is 0.0151 e. The minimum atomic E-state index is 1.20. The lowest BCUT2D eigenvalue weighted by Crippen LogP contribution is -1.73. The minimum Gasteiger partial charge on any atom is -0.364 e. The Morgan fingerprint density at radius 3 is 2.44 bits per heavy atom. The molecular weight excluding hydrogens is 110 g/mol. The van der Waals surface area contributed by atoms with Gasteiger partial charge in [0, 0.05) is 11.9 Å². The van der Waals surface area contributed by atoms with Crippen LogP contribution in [0.3, 0.4) is 0 Å². The van der Waals surface area contributed by atoms with E-state index >= 15 is 0 Å². The molecule has 1 aromatic heterocycles. The van der Waals surface area contributed by atoms with Crippen LogP contribution in [-0.4, -0.2) is 4.98 Å². The summed E-state index contributed by atoms with van der Waals surface area (Å²) in [7, 11) is 0. The molecule has 0 saturated carbocycles. The van der Waals surface area contributed by atoms with E-state index in [1.54, 1.807) is 0 Å². The Balaban J connectivity index is 3.18. The van der Waals surface area contributed by atoms with Gasteiger partial charge in [-0.3, -0.25) is 0 Å². The highest BCUT2D eigenvalue weighted by Crippen LogP contribution is 2.11. The maximum Gasteiger partial charge on any atom is 0.0151 e. The number of nitrogens with one attached hydrogen (secondary N) is 1. The number of aryl methyl sites for hydroxylation is 1. The second-order valence-electron chi connectivity index (χ2n) is 2.20. The highest BCUT2D eigenvalue weighted by atomic mass is 14.7. The summed E-state index contributed by atoms with van der Waals surface area (Å²) >= 11 is 0. The Kier molecular flexibility index (Phi) is 1.43. The van der Waals surface area contributed by atoms with E-state index in [4.69, 9.17) is 0 Å². The van der Waals surface area contributed by atoms with Crippen molar-refractivity contribution in [3.63, 3.8) is 0 Å². The SMILES string of the molecule is C=Cc1c[nH]c(C)c1C. The lowest BCUT2D eigenvalue weighted by Gasteiger charge is -1.88. The molecule has 0 fully saturated rings. The largest absolute Gasteiger partial charge is 0.364 e. The molecule has 1 heteroatoms. The van der Waals surface area contributed by atoms with Crippen molar-refractivity contribution in [1.82, 2.24) is 4.98 Å². The maximum absolute atomic E-state index is 3.69. The Morgan fingerprint density at radius 1 is 1.56 bits per heavy atom. The van der Waals surface area contributed by atoms with E-state index in [-0.39, 0.29) is 0 Å². The van der Waals surface area contributed by atoms with E-state index in [0.717, 1.165) is 0 Å². The first-order valence-electron chi connectivity index (χ1n) is 3.02. The third-order valence-electron chi connectivity index (χ3n) is 1.66. The van der Waals surface area contributed by atoms with Crippen LogP contribution in [0.25, 0.3) is 6.08 Å². The van der Waals surface area contributed by atoms with Gasteiger partial charge in [-0.2, -0.15) is 0 Å². The molecule has 0 unspecified atom stereocenters. The number of hydrogen-bond acceptors (Lipinski definition) is 0. The number of hydrogen-bond donors (Lipinski definition) is 1. The monoisotopic (exact) mass is 121 g/mol. The van der Waals surface area contributed by atoms with Crippen molar-refractivity contribution >= 4 is 6.08 Å². The lowest BCUT2D eigenvalue weighted by atomic mass is 10.2. The molecular formula is C8H11N. The van der Waals surface area contributed by atoms with Gasteiger partial charge >= 0.3 is 0 Å². The Labute approximate surface area is 55.4 Å². The normalized spacial score (nSPS) is 9.56. The van der Waals surface area contributed by atoms with Crippen molar-refractivity contribution in [3.05, 3.63) is 29.6 Å². The summed E-state index contributed by atoms with van der Waals surface area (Å²) in [5, 5.41) is 0. The van der Waals surface area contributed by atoms with Crippen LogP contribution in [0.1, 0.15) is 16.8 Å². The Hall–Kier alpha value is -0.980. The van der Waals surface area contributed by atoms with Crippen LogP contribution >= 0.6 is 0 Å². The molecule has 0 aromatic carbocycles. The van der Waals surface area contributed by atoms with E-state index in [1.807, 2.05) is 12.3 Å². The molecule has 0 aliphatic rings. The molecule has 0 radical (unpaired) electrons. The van der Waals surface area contributed by atoms with Crippen LogP contribution in [0.5, 0.6) is 0 Å². The molecule has 48 valence electrons. The molecule has 9 heavy (non-hydrogen) atoms. The molecule has 1 rings (SSSR count). The van der Waals surface area contributed by atoms with Gasteiger partial charge in [-0.25, -0.2) is 0 Å². The number of rotatable bonds is 1. The quantitative estimate of drug-likeness (QED) is 0.586. The average molecular weight is 121 g/mol. The van der Waals surface area contributed by atoms with E-state index in [9.17, 15) is 0 Å². The fourth-order valence-electron chi connectivity index (χ4n) is 0.831. The summed E-state index contributed by atoms with van der Waals surface area (Å²) in [6, 6.07) is 0. The molecule has 0 spiro atoms. The second-order valence-corrected chi connectivity index (χ2v) is 2.20. The summed E-state index contributed by atoms with van der Waals surface area (Å²) in [5.41, 5.74) is 3.72. The third-order valence-corrected chi connectivity index (χ3v) is 1.66. The summed E-state index contributed by atoms with van der Waals surface area (Å²) < 4.78 is 0. The Morgan fingerprint density at radius 2 is 2.22 bits per heavy atom. The van der Waals surface area contributed by atoms with Gasteiger partial charge < -0.3 is 4.98 Å². The van der Waals surface area contributed by atoms with Gasteiger partial charge in [-0.05, 0) is 25.0 Å². The van der Waals surface area contributed by atoms with E-state index < -0.39 is 0 Å². The molecule has 0 atom stereocenters. The van der Waals surface area contributed by atoms with Crippen LogP contribution in [0.2, 0.25) is 0 Å². The molecule has 1 heterocycles.